The van der Waals surface area contributed by atoms with Gasteiger partial charge in [0, 0.05) is 37.1 Å². The summed E-state index contributed by atoms with van der Waals surface area (Å²) in [7, 11) is 1.80. The summed E-state index contributed by atoms with van der Waals surface area (Å²) < 4.78 is 1.62. The third kappa shape index (κ3) is 3.64. The van der Waals surface area contributed by atoms with E-state index in [1.807, 2.05) is 0 Å². The minimum atomic E-state index is -0.769. The maximum absolute atomic E-state index is 12.2. The lowest BCUT2D eigenvalue weighted by Crippen LogP contribution is -2.28. The molecular weight excluding hydrogens is 306 g/mol. The lowest BCUT2D eigenvalue weighted by molar-refractivity contribution is 0.0916. The van der Waals surface area contributed by atoms with Gasteiger partial charge in [-0.15, -0.1) is 0 Å². The van der Waals surface area contributed by atoms with Crippen LogP contribution in [0.5, 0.6) is 0 Å². The SMILES string of the molecule is Cn1cnc(-c2ccc(C(=O)NCC(O)c3ccncc3)cc2)n1. The van der Waals surface area contributed by atoms with Crippen LogP contribution >= 0.6 is 0 Å². The van der Waals surface area contributed by atoms with Gasteiger partial charge in [0.05, 0.1) is 6.10 Å². The molecule has 0 saturated carbocycles. The number of nitrogens with zero attached hydrogens (tertiary/aromatic N) is 4. The highest BCUT2D eigenvalue weighted by molar-refractivity contribution is 5.94. The molecule has 0 aliphatic heterocycles. The summed E-state index contributed by atoms with van der Waals surface area (Å²) in [6.45, 7) is 0.131. The van der Waals surface area contributed by atoms with Crippen molar-refractivity contribution >= 4 is 5.91 Å². The second-order valence-corrected chi connectivity index (χ2v) is 5.33. The monoisotopic (exact) mass is 323 g/mol. The van der Waals surface area contributed by atoms with Crippen LogP contribution in [0.3, 0.4) is 0 Å². The predicted molar refractivity (Wildman–Crippen MR) is 88.0 cm³/mol. The Bertz CT molecular complexity index is 815. The topological polar surface area (TPSA) is 92.9 Å². The van der Waals surface area contributed by atoms with Crippen LogP contribution in [0.15, 0.2) is 55.1 Å². The number of aryl methyl sites for hydroxylation is 1. The molecule has 2 heterocycles. The van der Waals surface area contributed by atoms with Crippen molar-refractivity contribution in [1.82, 2.24) is 25.1 Å². The zero-order valence-corrected chi connectivity index (χ0v) is 13.1. The van der Waals surface area contributed by atoms with Gasteiger partial charge < -0.3 is 10.4 Å². The maximum Gasteiger partial charge on any atom is 0.251 e. The van der Waals surface area contributed by atoms with Crippen molar-refractivity contribution in [2.75, 3.05) is 6.54 Å². The Morgan fingerprint density at radius 3 is 2.54 bits per heavy atom. The van der Waals surface area contributed by atoms with E-state index >= 15 is 0 Å². The quantitative estimate of drug-likeness (QED) is 0.739. The fourth-order valence-electron chi connectivity index (χ4n) is 2.24. The van der Waals surface area contributed by atoms with Crippen LogP contribution < -0.4 is 5.32 Å². The number of hydrogen-bond acceptors (Lipinski definition) is 5. The van der Waals surface area contributed by atoms with Gasteiger partial charge in [0.25, 0.3) is 5.91 Å². The standard InChI is InChI=1S/C17H17N5O2/c1-22-11-20-16(21-22)13-2-4-14(5-3-13)17(24)19-10-15(23)12-6-8-18-9-7-12/h2-9,11,15,23H,10H2,1H3,(H,19,24). The fourth-order valence-corrected chi connectivity index (χ4v) is 2.24. The molecule has 0 saturated heterocycles. The minimum Gasteiger partial charge on any atom is -0.387 e. The number of hydrogen-bond donors (Lipinski definition) is 2. The Labute approximate surface area is 139 Å². The van der Waals surface area contributed by atoms with Crippen LogP contribution in [0.25, 0.3) is 11.4 Å². The third-order valence-electron chi connectivity index (χ3n) is 3.55. The highest BCUT2D eigenvalue weighted by Crippen LogP contribution is 2.15. The highest BCUT2D eigenvalue weighted by atomic mass is 16.3. The Morgan fingerprint density at radius 2 is 1.92 bits per heavy atom. The molecule has 2 aromatic heterocycles. The normalized spacial score (nSPS) is 11.9. The summed E-state index contributed by atoms with van der Waals surface area (Å²) in [6.07, 6.45) is 4.06. The van der Waals surface area contributed by atoms with Crippen LogP contribution in [0.2, 0.25) is 0 Å². The summed E-state index contributed by atoms with van der Waals surface area (Å²) in [6, 6.07) is 10.4. The van der Waals surface area contributed by atoms with E-state index < -0.39 is 6.10 Å². The number of aromatic nitrogens is 4. The molecule has 0 aliphatic rings. The van der Waals surface area contributed by atoms with E-state index in [4.69, 9.17) is 0 Å². The second kappa shape index (κ2) is 7.01. The number of benzene rings is 1. The molecule has 122 valence electrons. The molecule has 7 nitrogen and oxygen atoms in total. The molecule has 0 spiro atoms. The smallest absolute Gasteiger partial charge is 0.251 e. The molecular formula is C17H17N5O2. The number of aliphatic hydroxyl groups is 1. The Hall–Kier alpha value is -3.06. The van der Waals surface area contributed by atoms with E-state index in [9.17, 15) is 9.90 Å². The van der Waals surface area contributed by atoms with Gasteiger partial charge in [-0.3, -0.25) is 14.5 Å². The van der Waals surface area contributed by atoms with E-state index in [0.717, 1.165) is 5.56 Å². The van der Waals surface area contributed by atoms with E-state index in [0.29, 0.717) is 17.0 Å². The molecule has 0 fully saturated rings. The molecule has 1 amide bonds. The summed E-state index contributed by atoms with van der Waals surface area (Å²) in [4.78, 5) is 20.2. The zero-order chi connectivity index (χ0) is 16.9. The number of carbonyl (C=O) groups excluding carboxylic acids is 1. The number of carbonyl (C=O) groups is 1. The van der Waals surface area contributed by atoms with Crippen molar-refractivity contribution in [3.8, 4) is 11.4 Å². The number of aliphatic hydroxyl groups excluding tert-OH is 1. The van der Waals surface area contributed by atoms with Gasteiger partial charge in [0.2, 0.25) is 0 Å². The maximum atomic E-state index is 12.2. The lowest BCUT2D eigenvalue weighted by atomic mass is 10.1. The van der Waals surface area contributed by atoms with Gasteiger partial charge in [-0.1, -0.05) is 12.1 Å². The molecule has 2 N–H and O–H groups in total. The van der Waals surface area contributed by atoms with E-state index in [-0.39, 0.29) is 12.5 Å². The number of rotatable bonds is 5. The number of nitrogens with one attached hydrogen (secondary N) is 1. The summed E-state index contributed by atoms with van der Waals surface area (Å²) in [5, 5.41) is 17.0. The van der Waals surface area contributed by atoms with Crippen LogP contribution in [0, 0.1) is 0 Å². The van der Waals surface area contributed by atoms with Crippen LogP contribution in [0.4, 0.5) is 0 Å². The predicted octanol–water partition coefficient (Wildman–Crippen LogP) is 1.34. The largest absolute Gasteiger partial charge is 0.387 e. The molecule has 3 aromatic rings. The van der Waals surface area contributed by atoms with E-state index in [1.165, 1.54) is 0 Å². The summed E-state index contributed by atoms with van der Waals surface area (Å²) >= 11 is 0. The Balaban J connectivity index is 1.61. The lowest BCUT2D eigenvalue weighted by Gasteiger charge is -2.12. The molecule has 3 rings (SSSR count). The summed E-state index contributed by atoms with van der Waals surface area (Å²) in [5.41, 5.74) is 2.06. The molecule has 0 aliphatic carbocycles. The van der Waals surface area contributed by atoms with Gasteiger partial charge in [-0.05, 0) is 29.8 Å². The zero-order valence-electron chi connectivity index (χ0n) is 13.1. The fraction of sp³-hybridized carbons (Fsp3) is 0.176. The molecule has 1 aromatic carbocycles. The average Bonchev–Trinajstić information content (AvgIpc) is 3.06. The molecule has 24 heavy (non-hydrogen) atoms. The summed E-state index contributed by atoms with van der Waals surface area (Å²) in [5.74, 6) is 0.362. The second-order valence-electron chi connectivity index (χ2n) is 5.33. The first kappa shape index (κ1) is 15.8. The van der Waals surface area contributed by atoms with Crippen LogP contribution in [0.1, 0.15) is 22.0 Å². The molecule has 1 unspecified atom stereocenters. The minimum absolute atomic E-state index is 0.131. The molecule has 1 atom stereocenters. The third-order valence-corrected chi connectivity index (χ3v) is 3.55. The first-order valence-corrected chi connectivity index (χ1v) is 7.46. The van der Waals surface area contributed by atoms with Gasteiger partial charge in [0.1, 0.15) is 6.33 Å². The Morgan fingerprint density at radius 1 is 1.21 bits per heavy atom. The van der Waals surface area contributed by atoms with Crippen molar-refractivity contribution in [3.63, 3.8) is 0 Å². The average molecular weight is 323 g/mol. The van der Waals surface area contributed by atoms with Gasteiger partial charge in [-0.25, -0.2) is 4.98 Å². The number of amides is 1. The van der Waals surface area contributed by atoms with E-state index in [2.05, 4.69) is 20.4 Å². The first-order chi connectivity index (χ1) is 11.6. The van der Waals surface area contributed by atoms with Crippen LogP contribution in [-0.2, 0) is 7.05 Å². The van der Waals surface area contributed by atoms with Crippen molar-refractivity contribution in [1.29, 1.82) is 0 Å². The van der Waals surface area contributed by atoms with Crippen LogP contribution in [-0.4, -0.2) is 37.3 Å². The highest BCUT2D eigenvalue weighted by Gasteiger charge is 2.11. The van der Waals surface area contributed by atoms with E-state index in [1.54, 1.807) is 66.8 Å². The van der Waals surface area contributed by atoms with Gasteiger partial charge in [-0.2, -0.15) is 5.10 Å². The first-order valence-electron chi connectivity index (χ1n) is 7.46. The van der Waals surface area contributed by atoms with Gasteiger partial charge in [0.15, 0.2) is 5.82 Å². The van der Waals surface area contributed by atoms with Gasteiger partial charge >= 0.3 is 0 Å². The Kier molecular flexibility index (Phi) is 4.62. The van der Waals surface area contributed by atoms with Crippen molar-refractivity contribution in [3.05, 3.63) is 66.2 Å². The van der Waals surface area contributed by atoms with Crippen molar-refractivity contribution in [2.45, 2.75) is 6.10 Å². The number of pyridine rings is 1. The molecule has 0 radical (unpaired) electrons. The van der Waals surface area contributed by atoms with Crippen molar-refractivity contribution < 1.29 is 9.90 Å². The van der Waals surface area contributed by atoms with Crippen molar-refractivity contribution in [2.24, 2.45) is 7.05 Å². The molecule has 0 bridgehead atoms. The molecule has 7 heteroatoms.